The third-order valence-electron chi connectivity index (χ3n) is 1.06. The zero-order valence-electron chi connectivity index (χ0n) is 6.23. The minimum Gasteiger partial charge on any atom is -0.466 e. The van der Waals surface area contributed by atoms with Crippen LogP contribution in [0, 0.1) is 0 Å². The summed E-state index contributed by atoms with van der Waals surface area (Å²) in [5.74, 6) is -0.434. The summed E-state index contributed by atoms with van der Waals surface area (Å²) in [6, 6.07) is 0. The quantitative estimate of drug-likeness (QED) is 0.438. The lowest BCUT2D eigenvalue weighted by Gasteiger charge is -2.00. The average Bonchev–Trinajstić information content (AvgIpc) is 1.89. The molecule has 0 fully saturated rings. The number of hydrogen-bond donors (Lipinski definition) is 0. The molecule has 0 aromatic carbocycles. The molecule has 0 amide bonds. The predicted molar refractivity (Wildman–Crippen MR) is 36.5 cm³/mol. The van der Waals surface area contributed by atoms with Gasteiger partial charge in [0.1, 0.15) is 0 Å². The van der Waals surface area contributed by atoms with Crippen molar-refractivity contribution in [1.29, 1.82) is 0 Å². The van der Waals surface area contributed by atoms with E-state index in [2.05, 4.69) is 4.74 Å². The van der Waals surface area contributed by atoms with E-state index in [-0.39, 0.29) is 6.42 Å². The molecule has 0 heterocycles. The lowest BCUT2D eigenvalue weighted by atomic mass is 10.4. The summed E-state index contributed by atoms with van der Waals surface area (Å²) >= 11 is 0. The van der Waals surface area contributed by atoms with Crippen molar-refractivity contribution in [3.05, 3.63) is 0 Å². The summed E-state index contributed by atoms with van der Waals surface area (Å²) in [6.45, 7) is 1.81. The van der Waals surface area contributed by atoms with Crippen LogP contribution in [0.1, 0.15) is 26.2 Å². The van der Waals surface area contributed by atoms with Crippen molar-refractivity contribution in [3.8, 4) is 0 Å². The van der Waals surface area contributed by atoms with Crippen LogP contribution in [0.2, 0.25) is 0 Å². The Balaban J connectivity index is 3.05. The van der Waals surface area contributed by atoms with Gasteiger partial charge in [-0.3, -0.25) is 9.18 Å². The van der Waals surface area contributed by atoms with Gasteiger partial charge in [0.2, 0.25) is 0 Å². The van der Waals surface area contributed by atoms with Crippen LogP contribution in [-0.2, 0) is 9.53 Å². The SMILES string of the molecule is CCCCOC(=O)CCF. The third-order valence-corrected chi connectivity index (χ3v) is 1.06. The first-order valence-electron chi connectivity index (χ1n) is 3.52. The van der Waals surface area contributed by atoms with Gasteiger partial charge in [0.25, 0.3) is 0 Å². The van der Waals surface area contributed by atoms with Crippen molar-refractivity contribution in [3.63, 3.8) is 0 Å². The third kappa shape index (κ3) is 5.54. The van der Waals surface area contributed by atoms with Crippen LogP contribution in [0.3, 0.4) is 0 Å². The number of alkyl halides is 1. The highest BCUT2D eigenvalue weighted by Gasteiger charge is 1.99. The summed E-state index contributed by atoms with van der Waals surface area (Å²) < 4.78 is 16.1. The van der Waals surface area contributed by atoms with Crippen LogP contribution in [0.4, 0.5) is 4.39 Å². The molecule has 0 saturated heterocycles. The predicted octanol–water partition coefficient (Wildman–Crippen LogP) is 1.69. The number of carbonyl (C=O) groups excluding carboxylic acids is 1. The Bertz CT molecular complexity index is 93.6. The highest BCUT2D eigenvalue weighted by Crippen LogP contribution is 1.91. The Kier molecular flexibility index (Phi) is 6.13. The molecule has 0 spiro atoms. The first kappa shape index (κ1) is 9.40. The second-order valence-electron chi connectivity index (χ2n) is 2.01. The molecule has 0 N–H and O–H groups in total. The van der Waals surface area contributed by atoms with Gasteiger partial charge in [-0.2, -0.15) is 0 Å². The summed E-state index contributed by atoms with van der Waals surface area (Å²) in [5, 5.41) is 0. The van der Waals surface area contributed by atoms with E-state index in [0.717, 1.165) is 12.8 Å². The second kappa shape index (κ2) is 6.52. The molecule has 0 radical (unpaired) electrons. The largest absolute Gasteiger partial charge is 0.466 e. The van der Waals surface area contributed by atoms with Crippen molar-refractivity contribution in [2.45, 2.75) is 26.2 Å². The van der Waals surface area contributed by atoms with Gasteiger partial charge in [-0.25, -0.2) is 0 Å². The van der Waals surface area contributed by atoms with E-state index in [1.54, 1.807) is 0 Å². The van der Waals surface area contributed by atoms with Crippen molar-refractivity contribution in [1.82, 2.24) is 0 Å². The lowest BCUT2D eigenvalue weighted by molar-refractivity contribution is -0.144. The summed E-state index contributed by atoms with van der Waals surface area (Å²) in [6.07, 6.45) is 1.74. The molecule has 0 bridgehead atoms. The monoisotopic (exact) mass is 148 g/mol. The van der Waals surface area contributed by atoms with Crippen molar-refractivity contribution in [2.24, 2.45) is 0 Å². The lowest BCUT2D eigenvalue weighted by Crippen LogP contribution is -2.05. The molecule has 0 aromatic rings. The van der Waals surface area contributed by atoms with Crippen LogP contribution in [-0.4, -0.2) is 19.3 Å². The molecule has 60 valence electrons. The molecular formula is C7H13FO2. The second-order valence-corrected chi connectivity index (χ2v) is 2.01. The zero-order chi connectivity index (χ0) is 7.82. The number of hydrogen-bond acceptors (Lipinski definition) is 2. The molecule has 2 nitrogen and oxygen atoms in total. The molecule has 0 saturated carbocycles. The Hall–Kier alpha value is -0.600. The van der Waals surface area contributed by atoms with Gasteiger partial charge in [0.05, 0.1) is 19.7 Å². The van der Waals surface area contributed by atoms with Gasteiger partial charge in [-0.1, -0.05) is 13.3 Å². The average molecular weight is 148 g/mol. The van der Waals surface area contributed by atoms with E-state index in [0.29, 0.717) is 6.61 Å². The zero-order valence-corrected chi connectivity index (χ0v) is 6.23. The number of carbonyl (C=O) groups is 1. The van der Waals surface area contributed by atoms with Gasteiger partial charge in [0, 0.05) is 0 Å². The summed E-state index contributed by atoms with van der Waals surface area (Å²) in [5.41, 5.74) is 0. The van der Waals surface area contributed by atoms with Gasteiger partial charge >= 0.3 is 5.97 Å². The molecule has 0 aliphatic carbocycles. The van der Waals surface area contributed by atoms with E-state index >= 15 is 0 Å². The van der Waals surface area contributed by atoms with E-state index in [1.165, 1.54) is 0 Å². The minimum absolute atomic E-state index is 0.107. The highest BCUT2D eigenvalue weighted by molar-refractivity contribution is 5.69. The van der Waals surface area contributed by atoms with E-state index in [4.69, 9.17) is 0 Å². The Labute approximate surface area is 60.4 Å². The number of ether oxygens (including phenoxy) is 1. The molecule has 0 unspecified atom stereocenters. The number of unbranched alkanes of at least 4 members (excludes halogenated alkanes) is 1. The minimum atomic E-state index is -0.620. The maximum absolute atomic E-state index is 11.5. The van der Waals surface area contributed by atoms with E-state index in [9.17, 15) is 9.18 Å². The molecule has 10 heavy (non-hydrogen) atoms. The molecule has 0 rings (SSSR count). The van der Waals surface area contributed by atoms with E-state index in [1.807, 2.05) is 6.92 Å². The fourth-order valence-corrected chi connectivity index (χ4v) is 0.480. The van der Waals surface area contributed by atoms with Crippen LogP contribution < -0.4 is 0 Å². The number of rotatable bonds is 5. The van der Waals surface area contributed by atoms with Crippen molar-refractivity contribution >= 4 is 5.97 Å². The summed E-state index contributed by atoms with van der Waals surface area (Å²) in [7, 11) is 0. The maximum atomic E-state index is 11.5. The highest BCUT2D eigenvalue weighted by atomic mass is 19.1. The molecule has 3 heteroatoms. The van der Waals surface area contributed by atoms with Gasteiger partial charge < -0.3 is 4.74 Å². The van der Waals surface area contributed by atoms with Gasteiger partial charge in [-0.15, -0.1) is 0 Å². The van der Waals surface area contributed by atoms with Crippen LogP contribution in [0.5, 0.6) is 0 Å². The fourth-order valence-electron chi connectivity index (χ4n) is 0.480. The molecular weight excluding hydrogens is 135 g/mol. The Morgan fingerprint density at radius 3 is 2.80 bits per heavy atom. The maximum Gasteiger partial charge on any atom is 0.308 e. The van der Waals surface area contributed by atoms with Crippen LogP contribution in [0.25, 0.3) is 0 Å². The van der Waals surface area contributed by atoms with Crippen LogP contribution in [0.15, 0.2) is 0 Å². The molecule has 0 aliphatic heterocycles. The van der Waals surface area contributed by atoms with Crippen molar-refractivity contribution < 1.29 is 13.9 Å². The number of esters is 1. The normalized spacial score (nSPS) is 9.40. The molecule has 0 aromatic heterocycles. The van der Waals surface area contributed by atoms with E-state index < -0.39 is 12.6 Å². The first-order valence-corrected chi connectivity index (χ1v) is 3.52. The van der Waals surface area contributed by atoms with Gasteiger partial charge in [-0.05, 0) is 6.42 Å². The summed E-state index contributed by atoms with van der Waals surface area (Å²) in [4.78, 5) is 10.5. The number of halogens is 1. The standard InChI is InChI=1S/C7H13FO2/c1-2-3-6-10-7(9)4-5-8/h2-6H2,1H3. The van der Waals surface area contributed by atoms with Crippen LogP contribution >= 0.6 is 0 Å². The Morgan fingerprint density at radius 2 is 2.30 bits per heavy atom. The van der Waals surface area contributed by atoms with Gasteiger partial charge in [0.15, 0.2) is 0 Å². The van der Waals surface area contributed by atoms with Crippen molar-refractivity contribution in [2.75, 3.05) is 13.3 Å². The Morgan fingerprint density at radius 1 is 1.60 bits per heavy atom. The topological polar surface area (TPSA) is 26.3 Å². The molecule has 0 atom stereocenters. The fraction of sp³-hybridized carbons (Fsp3) is 0.857. The first-order chi connectivity index (χ1) is 4.81. The molecule has 0 aliphatic rings. The smallest absolute Gasteiger partial charge is 0.308 e.